The van der Waals surface area contributed by atoms with E-state index in [1.807, 2.05) is 18.2 Å². The summed E-state index contributed by atoms with van der Waals surface area (Å²) in [5.41, 5.74) is 0.802. The maximum atomic E-state index is 12.1. The summed E-state index contributed by atoms with van der Waals surface area (Å²) in [6, 6.07) is 10.8. The van der Waals surface area contributed by atoms with Crippen LogP contribution in [0.15, 0.2) is 47.1 Å². The highest BCUT2D eigenvalue weighted by molar-refractivity contribution is 9.10. The van der Waals surface area contributed by atoms with Crippen LogP contribution < -0.4 is 4.74 Å². The highest BCUT2D eigenvalue weighted by Crippen LogP contribution is 2.49. The van der Waals surface area contributed by atoms with Gasteiger partial charge in [0.2, 0.25) is 5.88 Å². The molecule has 7 heteroatoms. The molecule has 0 unspecified atom stereocenters. The van der Waals surface area contributed by atoms with E-state index in [2.05, 4.69) is 20.9 Å². The first-order valence-corrected chi connectivity index (χ1v) is 8.65. The van der Waals surface area contributed by atoms with Crippen molar-refractivity contribution in [1.29, 1.82) is 0 Å². The number of ether oxygens (including phenoxy) is 1. The lowest BCUT2D eigenvalue weighted by Crippen LogP contribution is -1.94. The first-order chi connectivity index (χ1) is 10.0. The second-order valence-electron chi connectivity index (χ2n) is 4.20. The van der Waals surface area contributed by atoms with Gasteiger partial charge in [-0.1, -0.05) is 12.1 Å². The summed E-state index contributed by atoms with van der Waals surface area (Å²) in [6.07, 6.45) is 1.84. The number of nitrogens with zero attached hydrogens (tertiary/aromatic N) is 1. The van der Waals surface area contributed by atoms with E-state index in [0.29, 0.717) is 11.6 Å². The normalized spacial score (nSPS) is 11.4. The number of aromatic nitrogens is 1. The van der Waals surface area contributed by atoms with Gasteiger partial charge in [-0.3, -0.25) is 4.57 Å². The van der Waals surface area contributed by atoms with E-state index in [1.165, 1.54) is 14.2 Å². The topological polar surface area (TPSA) is 57.7 Å². The number of rotatable bonds is 6. The molecule has 0 aliphatic carbocycles. The van der Waals surface area contributed by atoms with E-state index in [1.54, 1.807) is 24.4 Å². The molecule has 0 N–H and O–H groups in total. The van der Waals surface area contributed by atoms with Crippen LogP contribution in [-0.4, -0.2) is 19.2 Å². The van der Waals surface area contributed by atoms with Gasteiger partial charge in [0.25, 0.3) is 0 Å². The van der Waals surface area contributed by atoms with Crippen molar-refractivity contribution in [2.45, 2.75) is 6.16 Å². The fraction of sp³-hybridized carbons (Fsp3) is 0.214. The zero-order valence-electron chi connectivity index (χ0n) is 11.7. The van der Waals surface area contributed by atoms with E-state index in [9.17, 15) is 4.57 Å². The molecule has 21 heavy (non-hydrogen) atoms. The first-order valence-electron chi connectivity index (χ1n) is 6.13. The van der Waals surface area contributed by atoms with Crippen LogP contribution in [-0.2, 0) is 19.8 Å². The molecular formula is C14H15BrNO4P. The van der Waals surface area contributed by atoms with Gasteiger partial charge in [-0.15, -0.1) is 0 Å². The molecule has 0 fully saturated rings. The standard InChI is InChI=1S/C14H15BrNO4P/c1-18-21(17,19-2)10-11-4-3-5-13(8-11)20-14-7-6-12(15)9-16-14/h3-9H,10H2,1-2H3. The molecular weight excluding hydrogens is 357 g/mol. The second-order valence-corrected chi connectivity index (χ2v) is 7.38. The lowest BCUT2D eigenvalue weighted by molar-refractivity contribution is 0.275. The van der Waals surface area contributed by atoms with E-state index in [4.69, 9.17) is 13.8 Å². The summed E-state index contributed by atoms with van der Waals surface area (Å²) in [7, 11) is -0.346. The smallest absolute Gasteiger partial charge is 0.334 e. The predicted molar refractivity (Wildman–Crippen MR) is 83.8 cm³/mol. The van der Waals surface area contributed by atoms with Crippen molar-refractivity contribution in [3.05, 3.63) is 52.6 Å². The zero-order valence-corrected chi connectivity index (χ0v) is 14.1. The van der Waals surface area contributed by atoms with Gasteiger partial charge in [0, 0.05) is 31.0 Å². The predicted octanol–water partition coefficient (Wildman–Crippen LogP) is 4.62. The van der Waals surface area contributed by atoms with Crippen molar-refractivity contribution in [2.24, 2.45) is 0 Å². The Bertz CT molecular complexity index is 640. The largest absolute Gasteiger partial charge is 0.439 e. The van der Waals surface area contributed by atoms with Crippen LogP contribution in [0.2, 0.25) is 0 Å². The zero-order chi connectivity index (χ0) is 15.3. The molecule has 0 spiro atoms. The maximum absolute atomic E-state index is 12.1. The van der Waals surface area contributed by atoms with Gasteiger partial charge in [0.15, 0.2) is 0 Å². The minimum atomic E-state index is -3.09. The van der Waals surface area contributed by atoms with E-state index >= 15 is 0 Å². The summed E-state index contributed by atoms with van der Waals surface area (Å²) in [5.74, 6) is 1.10. The summed E-state index contributed by atoms with van der Waals surface area (Å²) >= 11 is 3.31. The SMILES string of the molecule is COP(=O)(Cc1cccc(Oc2ccc(Br)cn2)c1)OC. The van der Waals surface area contributed by atoms with Gasteiger partial charge in [0.05, 0.1) is 6.16 Å². The van der Waals surface area contributed by atoms with Crippen LogP contribution in [0, 0.1) is 0 Å². The molecule has 1 heterocycles. The van der Waals surface area contributed by atoms with Gasteiger partial charge >= 0.3 is 7.60 Å². The Balaban J connectivity index is 2.14. The summed E-state index contributed by atoms with van der Waals surface area (Å²) in [4.78, 5) is 4.14. The Morgan fingerprint density at radius 2 is 1.95 bits per heavy atom. The molecule has 0 radical (unpaired) electrons. The second kappa shape index (κ2) is 7.18. The van der Waals surface area contributed by atoms with E-state index in [0.717, 1.165) is 10.0 Å². The van der Waals surface area contributed by atoms with Crippen molar-refractivity contribution in [3.63, 3.8) is 0 Å². The molecule has 0 aliphatic rings. The average Bonchev–Trinajstić information content (AvgIpc) is 2.50. The first kappa shape index (κ1) is 16.2. The van der Waals surface area contributed by atoms with Crippen LogP contribution in [0.25, 0.3) is 0 Å². The number of pyridine rings is 1. The summed E-state index contributed by atoms with van der Waals surface area (Å²) < 4.78 is 28.5. The van der Waals surface area contributed by atoms with Gasteiger partial charge in [-0.05, 0) is 39.7 Å². The number of benzene rings is 1. The third kappa shape index (κ3) is 4.64. The van der Waals surface area contributed by atoms with Gasteiger partial charge in [-0.2, -0.15) is 0 Å². The molecule has 0 saturated heterocycles. The van der Waals surface area contributed by atoms with Gasteiger partial charge < -0.3 is 13.8 Å². The molecule has 0 aliphatic heterocycles. The molecule has 1 aromatic carbocycles. The molecule has 2 aromatic rings. The molecule has 112 valence electrons. The van der Waals surface area contributed by atoms with Crippen LogP contribution >= 0.6 is 23.5 Å². The molecule has 0 amide bonds. The molecule has 2 rings (SSSR count). The minimum absolute atomic E-state index is 0.185. The van der Waals surface area contributed by atoms with Crippen LogP contribution in [0.5, 0.6) is 11.6 Å². The molecule has 0 atom stereocenters. The third-order valence-electron chi connectivity index (χ3n) is 2.75. The van der Waals surface area contributed by atoms with Crippen molar-refractivity contribution < 1.29 is 18.3 Å². The number of halogens is 1. The maximum Gasteiger partial charge on any atom is 0.334 e. The quantitative estimate of drug-likeness (QED) is 0.693. The van der Waals surface area contributed by atoms with E-state index < -0.39 is 7.60 Å². The highest BCUT2D eigenvalue weighted by atomic mass is 79.9. The number of hydrogen-bond donors (Lipinski definition) is 0. The molecule has 5 nitrogen and oxygen atoms in total. The van der Waals surface area contributed by atoms with Crippen molar-refractivity contribution in [3.8, 4) is 11.6 Å². The van der Waals surface area contributed by atoms with Crippen molar-refractivity contribution >= 4 is 23.5 Å². The van der Waals surface area contributed by atoms with Gasteiger partial charge in [0.1, 0.15) is 5.75 Å². The third-order valence-corrected chi connectivity index (χ3v) is 5.09. The molecule has 1 aromatic heterocycles. The lowest BCUT2D eigenvalue weighted by Gasteiger charge is -2.14. The van der Waals surface area contributed by atoms with Crippen molar-refractivity contribution in [1.82, 2.24) is 4.98 Å². The Hall–Kier alpha value is -1.20. The lowest BCUT2D eigenvalue weighted by atomic mass is 10.2. The summed E-state index contributed by atoms with van der Waals surface area (Å²) in [6.45, 7) is 0. The minimum Gasteiger partial charge on any atom is -0.439 e. The highest BCUT2D eigenvalue weighted by Gasteiger charge is 2.21. The summed E-state index contributed by atoms with van der Waals surface area (Å²) in [5, 5.41) is 0. The van der Waals surface area contributed by atoms with Gasteiger partial charge in [-0.25, -0.2) is 4.98 Å². The van der Waals surface area contributed by atoms with Crippen LogP contribution in [0.3, 0.4) is 0 Å². The molecule has 0 saturated carbocycles. The number of hydrogen-bond acceptors (Lipinski definition) is 5. The fourth-order valence-corrected chi connectivity index (χ4v) is 2.96. The average molecular weight is 372 g/mol. The monoisotopic (exact) mass is 371 g/mol. The Morgan fingerprint density at radius 3 is 2.57 bits per heavy atom. The fourth-order valence-electron chi connectivity index (χ4n) is 1.68. The van der Waals surface area contributed by atoms with E-state index in [-0.39, 0.29) is 6.16 Å². The van der Waals surface area contributed by atoms with Crippen molar-refractivity contribution in [2.75, 3.05) is 14.2 Å². The Kier molecular flexibility index (Phi) is 5.53. The van der Waals surface area contributed by atoms with Crippen LogP contribution in [0.1, 0.15) is 5.56 Å². The Labute approximate surface area is 131 Å². The molecule has 0 bridgehead atoms. The van der Waals surface area contributed by atoms with Crippen LogP contribution in [0.4, 0.5) is 0 Å². The Morgan fingerprint density at radius 1 is 1.19 bits per heavy atom.